The summed E-state index contributed by atoms with van der Waals surface area (Å²) < 4.78 is 7.36. The van der Waals surface area contributed by atoms with Gasteiger partial charge in [0.2, 0.25) is 0 Å². The number of ether oxygens (including phenoxy) is 1. The lowest BCUT2D eigenvalue weighted by molar-refractivity contribution is 0.319. The van der Waals surface area contributed by atoms with Crippen LogP contribution in [0, 0.1) is 0 Å². The van der Waals surface area contributed by atoms with Gasteiger partial charge in [0.25, 0.3) is 0 Å². The van der Waals surface area contributed by atoms with Gasteiger partial charge < -0.3 is 4.74 Å². The van der Waals surface area contributed by atoms with Crippen molar-refractivity contribution in [2.45, 2.75) is 13.1 Å². The minimum atomic E-state index is 0.772. The molecule has 0 N–H and O–H groups in total. The lowest BCUT2D eigenvalue weighted by Crippen LogP contribution is -2.17. The van der Waals surface area contributed by atoms with E-state index >= 15 is 0 Å². The molecule has 0 aliphatic carbocycles. The van der Waals surface area contributed by atoms with E-state index in [1.54, 1.807) is 13.3 Å². The van der Waals surface area contributed by atoms with Crippen molar-refractivity contribution in [3.8, 4) is 22.7 Å². The molecule has 0 unspecified atom stereocenters. The van der Waals surface area contributed by atoms with Crippen molar-refractivity contribution in [1.29, 1.82) is 0 Å². The molecule has 5 heteroatoms. The number of pyridine rings is 1. The number of hydrogen-bond acceptors (Lipinski definition) is 4. The van der Waals surface area contributed by atoms with Crippen molar-refractivity contribution < 1.29 is 4.74 Å². The van der Waals surface area contributed by atoms with E-state index in [4.69, 9.17) is 9.84 Å². The summed E-state index contributed by atoms with van der Waals surface area (Å²) in [5.41, 5.74) is 5.40. The van der Waals surface area contributed by atoms with Crippen LogP contribution < -0.4 is 4.74 Å². The van der Waals surface area contributed by atoms with Gasteiger partial charge in [-0.3, -0.25) is 9.88 Å². The van der Waals surface area contributed by atoms with Crippen molar-refractivity contribution in [3.05, 3.63) is 96.4 Å². The predicted octanol–water partition coefficient (Wildman–Crippen LogP) is 4.57. The lowest BCUT2D eigenvalue weighted by Gasteiger charge is -2.16. The number of hydrogen-bond donors (Lipinski definition) is 0. The summed E-state index contributed by atoms with van der Waals surface area (Å²) in [5, 5.41) is 4.91. The van der Waals surface area contributed by atoms with Gasteiger partial charge in [0.05, 0.1) is 18.5 Å². The first-order valence-electron chi connectivity index (χ1n) is 9.59. The number of methoxy groups -OCH3 is 1. The third kappa shape index (κ3) is 4.52. The molecule has 146 valence electrons. The molecule has 2 aromatic carbocycles. The Kier molecular flexibility index (Phi) is 5.68. The van der Waals surface area contributed by atoms with Gasteiger partial charge in [-0.05, 0) is 42.9 Å². The van der Waals surface area contributed by atoms with Crippen molar-refractivity contribution in [2.24, 2.45) is 0 Å². The minimum absolute atomic E-state index is 0.772. The maximum atomic E-state index is 5.42. The van der Waals surface area contributed by atoms with Crippen LogP contribution in [-0.4, -0.2) is 33.8 Å². The van der Waals surface area contributed by atoms with Crippen molar-refractivity contribution >= 4 is 0 Å². The highest BCUT2D eigenvalue weighted by Crippen LogP contribution is 2.28. The number of aromatic nitrogens is 3. The van der Waals surface area contributed by atoms with E-state index in [0.717, 1.165) is 41.3 Å². The second-order valence-corrected chi connectivity index (χ2v) is 7.05. The van der Waals surface area contributed by atoms with Crippen molar-refractivity contribution in [3.63, 3.8) is 0 Å². The molecular weight excluding hydrogens is 360 g/mol. The summed E-state index contributed by atoms with van der Waals surface area (Å²) in [6.07, 6.45) is 5.82. The number of nitrogens with zero attached hydrogens (tertiary/aromatic N) is 4. The lowest BCUT2D eigenvalue weighted by atomic mass is 10.1. The second-order valence-electron chi connectivity index (χ2n) is 7.05. The SMILES string of the molecule is COc1cccc(-c2nn(-c3ccccc3)cc2CN(C)Cc2cccnc2)c1. The Labute approximate surface area is 171 Å². The third-order valence-corrected chi connectivity index (χ3v) is 4.77. The predicted molar refractivity (Wildman–Crippen MR) is 115 cm³/mol. The van der Waals surface area contributed by atoms with Gasteiger partial charge in [-0.15, -0.1) is 0 Å². The van der Waals surface area contributed by atoms with E-state index in [-0.39, 0.29) is 0 Å². The van der Waals surface area contributed by atoms with Gasteiger partial charge in [-0.1, -0.05) is 36.4 Å². The van der Waals surface area contributed by atoms with Crippen LogP contribution in [0.3, 0.4) is 0 Å². The fourth-order valence-electron chi connectivity index (χ4n) is 3.40. The quantitative estimate of drug-likeness (QED) is 0.468. The van der Waals surface area contributed by atoms with Crippen LogP contribution in [-0.2, 0) is 13.1 Å². The van der Waals surface area contributed by atoms with Crippen LogP contribution in [0.5, 0.6) is 5.75 Å². The van der Waals surface area contributed by atoms with Gasteiger partial charge in [-0.25, -0.2) is 4.68 Å². The molecule has 0 saturated heterocycles. The molecule has 29 heavy (non-hydrogen) atoms. The zero-order valence-corrected chi connectivity index (χ0v) is 16.7. The zero-order chi connectivity index (χ0) is 20.1. The Balaban J connectivity index is 1.67. The molecule has 4 aromatic rings. The van der Waals surface area contributed by atoms with E-state index in [2.05, 4.69) is 47.4 Å². The maximum Gasteiger partial charge on any atom is 0.119 e. The van der Waals surface area contributed by atoms with Crippen molar-refractivity contribution in [1.82, 2.24) is 19.7 Å². The summed E-state index contributed by atoms with van der Waals surface area (Å²) in [5.74, 6) is 0.825. The smallest absolute Gasteiger partial charge is 0.119 e. The first-order valence-corrected chi connectivity index (χ1v) is 9.59. The molecule has 0 aliphatic rings. The summed E-state index contributed by atoms with van der Waals surface area (Å²) >= 11 is 0. The van der Waals surface area contributed by atoms with Crippen LogP contribution in [0.4, 0.5) is 0 Å². The largest absolute Gasteiger partial charge is 0.497 e. The van der Waals surface area contributed by atoms with Gasteiger partial charge in [-0.2, -0.15) is 5.10 Å². The van der Waals surface area contributed by atoms with Gasteiger partial charge in [0.15, 0.2) is 0 Å². The van der Waals surface area contributed by atoms with E-state index in [1.807, 2.05) is 53.3 Å². The van der Waals surface area contributed by atoms with Gasteiger partial charge in [0.1, 0.15) is 5.75 Å². The molecule has 0 saturated carbocycles. The highest BCUT2D eigenvalue weighted by atomic mass is 16.5. The molecule has 2 heterocycles. The molecule has 0 atom stereocenters. The van der Waals surface area contributed by atoms with Crippen LogP contribution >= 0.6 is 0 Å². The first-order chi connectivity index (χ1) is 14.2. The average Bonchev–Trinajstić information content (AvgIpc) is 3.18. The van der Waals surface area contributed by atoms with E-state index in [1.165, 1.54) is 5.56 Å². The maximum absolute atomic E-state index is 5.42. The molecule has 0 radical (unpaired) electrons. The Hall–Kier alpha value is -3.44. The normalized spacial score (nSPS) is 11.0. The fraction of sp³-hybridized carbons (Fsp3) is 0.167. The Morgan fingerprint density at radius 1 is 0.966 bits per heavy atom. The molecule has 2 aromatic heterocycles. The molecule has 0 aliphatic heterocycles. The number of para-hydroxylation sites is 1. The summed E-state index contributed by atoms with van der Waals surface area (Å²) in [7, 11) is 3.80. The van der Waals surface area contributed by atoms with E-state index in [0.29, 0.717) is 0 Å². The van der Waals surface area contributed by atoms with Crippen molar-refractivity contribution in [2.75, 3.05) is 14.2 Å². The third-order valence-electron chi connectivity index (χ3n) is 4.77. The summed E-state index contributed by atoms with van der Waals surface area (Å²) in [6, 6.07) is 22.3. The molecule has 0 amide bonds. The van der Waals surface area contributed by atoms with Crippen LogP contribution in [0.2, 0.25) is 0 Å². The molecule has 5 nitrogen and oxygen atoms in total. The molecule has 0 bridgehead atoms. The topological polar surface area (TPSA) is 43.2 Å². The van der Waals surface area contributed by atoms with E-state index in [9.17, 15) is 0 Å². The highest BCUT2D eigenvalue weighted by Gasteiger charge is 2.15. The monoisotopic (exact) mass is 384 g/mol. The molecule has 4 rings (SSSR count). The Morgan fingerprint density at radius 2 is 1.83 bits per heavy atom. The second kappa shape index (κ2) is 8.71. The zero-order valence-electron chi connectivity index (χ0n) is 16.7. The first kappa shape index (κ1) is 18.9. The average molecular weight is 384 g/mol. The van der Waals surface area contributed by atoms with Gasteiger partial charge in [0, 0.05) is 42.8 Å². The molecule has 0 fully saturated rings. The standard InChI is InChI=1S/C24H24N4O/c1-27(16-19-8-7-13-25-15-19)17-21-18-28(22-10-4-3-5-11-22)26-24(21)20-9-6-12-23(14-20)29-2/h3-15,18H,16-17H2,1-2H3. The number of rotatable bonds is 7. The van der Waals surface area contributed by atoms with E-state index < -0.39 is 0 Å². The minimum Gasteiger partial charge on any atom is -0.497 e. The van der Waals surface area contributed by atoms with Crippen LogP contribution in [0.25, 0.3) is 16.9 Å². The fourth-order valence-corrected chi connectivity index (χ4v) is 3.40. The molecule has 0 spiro atoms. The Bertz CT molecular complexity index is 1060. The van der Waals surface area contributed by atoms with Gasteiger partial charge >= 0.3 is 0 Å². The Morgan fingerprint density at radius 3 is 2.59 bits per heavy atom. The van der Waals surface area contributed by atoms with Crippen LogP contribution in [0.15, 0.2) is 85.3 Å². The number of benzene rings is 2. The summed E-state index contributed by atoms with van der Waals surface area (Å²) in [6.45, 7) is 1.59. The molecular formula is C24H24N4O. The highest BCUT2D eigenvalue weighted by molar-refractivity contribution is 5.65. The van der Waals surface area contributed by atoms with Crippen LogP contribution in [0.1, 0.15) is 11.1 Å². The summed E-state index contributed by atoms with van der Waals surface area (Å²) in [4.78, 5) is 6.49.